The summed E-state index contributed by atoms with van der Waals surface area (Å²) in [7, 11) is 0. The van der Waals surface area contributed by atoms with Crippen molar-refractivity contribution in [3.63, 3.8) is 0 Å². The molecule has 0 aromatic heterocycles. The van der Waals surface area contributed by atoms with E-state index in [1.165, 1.54) is 5.56 Å². The second-order valence-electron chi connectivity index (χ2n) is 4.95. The Morgan fingerprint density at radius 3 is 2.76 bits per heavy atom. The number of benzene rings is 1. The number of carbonyl (C=O) groups excluding carboxylic acids is 2. The maximum Gasteiger partial charge on any atom is 0.426 e. The van der Waals surface area contributed by atoms with E-state index < -0.39 is 6.09 Å². The van der Waals surface area contributed by atoms with Gasteiger partial charge in [-0.25, -0.2) is 10.2 Å². The Bertz CT molecular complexity index is 478. The highest BCUT2D eigenvalue weighted by Gasteiger charge is 2.30. The van der Waals surface area contributed by atoms with Gasteiger partial charge in [-0.2, -0.15) is 0 Å². The first-order chi connectivity index (χ1) is 10.2. The lowest BCUT2D eigenvalue weighted by Gasteiger charge is -2.23. The lowest BCUT2D eigenvalue weighted by Crippen LogP contribution is -2.50. The molecule has 2 amide bonds. The van der Waals surface area contributed by atoms with Crippen molar-refractivity contribution in [3.05, 3.63) is 35.9 Å². The topological polar surface area (TPSA) is 70.7 Å². The van der Waals surface area contributed by atoms with Gasteiger partial charge in [-0.05, 0) is 31.9 Å². The van der Waals surface area contributed by atoms with E-state index in [-0.39, 0.29) is 18.6 Å². The minimum atomic E-state index is -0.640. The number of hydrogen-bond acceptors (Lipinski definition) is 4. The van der Waals surface area contributed by atoms with Crippen LogP contribution in [0.25, 0.3) is 0 Å². The van der Waals surface area contributed by atoms with Crippen LogP contribution in [0.5, 0.6) is 0 Å². The smallest absolute Gasteiger partial charge is 0.426 e. The molecule has 1 aromatic carbocycles. The van der Waals surface area contributed by atoms with E-state index in [2.05, 4.69) is 15.8 Å². The number of hydrazine groups is 1. The predicted octanol–water partition coefficient (Wildman–Crippen LogP) is 1.43. The molecule has 1 aliphatic heterocycles. The fraction of sp³-hybridized carbons (Fsp3) is 0.467. The molecule has 0 aliphatic carbocycles. The van der Waals surface area contributed by atoms with E-state index in [0.717, 1.165) is 25.9 Å². The number of rotatable bonds is 4. The summed E-state index contributed by atoms with van der Waals surface area (Å²) in [5, 5.41) is 0. The second-order valence-corrected chi connectivity index (χ2v) is 4.95. The van der Waals surface area contributed by atoms with Gasteiger partial charge in [0.25, 0.3) is 5.91 Å². The van der Waals surface area contributed by atoms with Gasteiger partial charge in [0.2, 0.25) is 0 Å². The van der Waals surface area contributed by atoms with Crippen LogP contribution in [0.1, 0.15) is 25.3 Å². The summed E-state index contributed by atoms with van der Waals surface area (Å²) in [6, 6.07) is 9.83. The van der Waals surface area contributed by atoms with E-state index in [1.807, 2.05) is 30.3 Å². The van der Waals surface area contributed by atoms with Crippen LogP contribution in [0, 0.1) is 0 Å². The Hall–Kier alpha value is -2.08. The van der Waals surface area contributed by atoms with Gasteiger partial charge in [0.15, 0.2) is 0 Å². The van der Waals surface area contributed by atoms with Crippen molar-refractivity contribution in [3.8, 4) is 0 Å². The first kappa shape index (κ1) is 15.3. The lowest BCUT2D eigenvalue weighted by atomic mass is 10.2. The Morgan fingerprint density at radius 2 is 2.05 bits per heavy atom. The van der Waals surface area contributed by atoms with Crippen LogP contribution in [0.2, 0.25) is 0 Å². The summed E-state index contributed by atoms with van der Waals surface area (Å²) in [5.74, 6) is -0.198. The van der Waals surface area contributed by atoms with Gasteiger partial charge in [-0.15, -0.1) is 0 Å². The standard InChI is InChI=1S/C15H21N3O3/c1-2-21-15(20)17-16-14(19)13-9-6-10-18(13)11-12-7-4-3-5-8-12/h3-5,7-8,13H,2,6,9-11H2,1H3,(H,16,19)(H,17,20). The van der Waals surface area contributed by atoms with E-state index in [0.29, 0.717) is 0 Å². The van der Waals surface area contributed by atoms with Crippen LogP contribution in [0.4, 0.5) is 4.79 Å². The van der Waals surface area contributed by atoms with Crippen LogP contribution in [0.3, 0.4) is 0 Å². The number of carbonyl (C=O) groups is 2. The first-order valence-corrected chi connectivity index (χ1v) is 7.21. The monoisotopic (exact) mass is 291 g/mol. The average Bonchev–Trinajstić information content (AvgIpc) is 2.94. The van der Waals surface area contributed by atoms with Gasteiger partial charge < -0.3 is 4.74 Å². The molecule has 1 atom stereocenters. The van der Waals surface area contributed by atoms with Crippen molar-refractivity contribution in [2.24, 2.45) is 0 Å². The zero-order valence-corrected chi connectivity index (χ0v) is 12.2. The van der Waals surface area contributed by atoms with Crippen molar-refractivity contribution in [1.82, 2.24) is 15.8 Å². The maximum absolute atomic E-state index is 12.1. The minimum absolute atomic E-state index is 0.198. The molecule has 6 nitrogen and oxygen atoms in total. The zero-order chi connectivity index (χ0) is 15.1. The number of nitrogens with zero attached hydrogens (tertiary/aromatic N) is 1. The number of hydrogen-bond donors (Lipinski definition) is 2. The minimum Gasteiger partial charge on any atom is -0.449 e. The summed E-state index contributed by atoms with van der Waals surface area (Å²) in [6.07, 6.45) is 1.13. The van der Waals surface area contributed by atoms with E-state index in [4.69, 9.17) is 4.74 Å². The molecule has 0 spiro atoms. The average molecular weight is 291 g/mol. The summed E-state index contributed by atoms with van der Waals surface area (Å²) >= 11 is 0. The molecule has 1 aliphatic rings. The lowest BCUT2D eigenvalue weighted by molar-refractivity contribution is -0.126. The fourth-order valence-electron chi connectivity index (χ4n) is 2.49. The molecule has 1 unspecified atom stereocenters. The molecule has 1 aromatic rings. The molecular formula is C15H21N3O3. The third-order valence-electron chi connectivity index (χ3n) is 3.46. The number of nitrogens with one attached hydrogen (secondary N) is 2. The summed E-state index contributed by atoms with van der Waals surface area (Å²) in [4.78, 5) is 25.4. The Morgan fingerprint density at radius 1 is 1.29 bits per heavy atom. The zero-order valence-electron chi connectivity index (χ0n) is 12.2. The Kier molecular flexibility index (Phi) is 5.57. The fourth-order valence-corrected chi connectivity index (χ4v) is 2.49. The molecule has 114 valence electrons. The number of likely N-dealkylation sites (tertiary alicyclic amines) is 1. The third-order valence-corrected chi connectivity index (χ3v) is 3.46. The van der Waals surface area contributed by atoms with Crippen molar-refractivity contribution < 1.29 is 14.3 Å². The van der Waals surface area contributed by atoms with Crippen LogP contribution < -0.4 is 10.9 Å². The molecule has 6 heteroatoms. The molecule has 21 heavy (non-hydrogen) atoms. The molecule has 1 fully saturated rings. The highest BCUT2D eigenvalue weighted by molar-refractivity contribution is 5.83. The van der Waals surface area contributed by atoms with Crippen molar-refractivity contribution in [2.75, 3.05) is 13.2 Å². The van der Waals surface area contributed by atoms with E-state index >= 15 is 0 Å². The van der Waals surface area contributed by atoms with Gasteiger partial charge in [0.1, 0.15) is 0 Å². The van der Waals surface area contributed by atoms with Crippen molar-refractivity contribution in [1.29, 1.82) is 0 Å². The molecule has 2 N–H and O–H groups in total. The first-order valence-electron chi connectivity index (χ1n) is 7.21. The van der Waals surface area contributed by atoms with E-state index in [9.17, 15) is 9.59 Å². The van der Waals surface area contributed by atoms with Gasteiger partial charge in [-0.1, -0.05) is 30.3 Å². The van der Waals surface area contributed by atoms with Gasteiger partial charge in [0, 0.05) is 6.54 Å². The normalized spacial score (nSPS) is 18.2. The summed E-state index contributed by atoms with van der Waals surface area (Å²) in [5.41, 5.74) is 5.85. The van der Waals surface area contributed by atoms with Gasteiger partial charge in [0.05, 0.1) is 12.6 Å². The summed E-state index contributed by atoms with van der Waals surface area (Å²) < 4.78 is 4.70. The van der Waals surface area contributed by atoms with Crippen LogP contribution >= 0.6 is 0 Å². The van der Waals surface area contributed by atoms with Crippen LogP contribution in [0.15, 0.2) is 30.3 Å². The molecular weight excluding hydrogens is 270 g/mol. The molecule has 1 saturated heterocycles. The number of ether oxygens (including phenoxy) is 1. The number of amides is 2. The van der Waals surface area contributed by atoms with E-state index in [1.54, 1.807) is 6.92 Å². The Labute approximate surface area is 124 Å². The van der Waals surface area contributed by atoms with Gasteiger partial charge in [-0.3, -0.25) is 15.1 Å². The maximum atomic E-state index is 12.1. The summed E-state index contributed by atoms with van der Waals surface area (Å²) in [6.45, 7) is 3.59. The molecule has 0 saturated carbocycles. The van der Waals surface area contributed by atoms with Crippen LogP contribution in [-0.4, -0.2) is 36.1 Å². The predicted molar refractivity (Wildman–Crippen MR) is 78.2 cm³/mol. The van der Waals surface area contributed by atoms with Crippen molar-refractivity contribution >= 4 is 12.0 Å². The molecule has 0 radical (unpaired) electrons. The third kappa shape index (κ3) is 4.46. The SMILES string of the molecule is CCOC(=O)NNC(=O)C1CCCN1Cc1ccccc1. The molecule has 1 heterocycles. The molecule has 2 rings (SSSR count). The largest absolute Gasteiger partial charge is 0.449 e. The highest BCUT2D eigenvalue weighted by Crippen LogP contribution is 2.19. The van der Waals surface area contributed by atoms with Gasteiger partial charge >= 0.3 is 6.09 Å². The van der Waals surface area contributed by atoms with Crippen LogP contribution in [-0.2, 0) is 16.1 Å². The highest BCUT2D eigenvalue weighted by atomic mass is 16.5. The molecule has 0 bridgehead atoms. The quantitative estimate of drug-likeness (QED) is 0.823. The second kappa shape index (κ2) is 7.64. The Balaban J connectivity index is 1.86. The van der Waals surface area contributed by atoms with Crippen molar-refractivity contribution in [2.45, 2.75) is 32.4 Å².